The summed E-state index contributed by atoms with van der Waals surface area (Å²) in [6, 6.07) is 5.26. The Hall–Kier alpha value is -1.62. The van der Waals surface area contributed by atoms with Crippen molar-refractivity contribution in [2.75, 3.05) is 11.9 Å². The lowest BCUT2D eigenvalue weighted by molar-refractivity contribution is 0.0995. The summed E-state index contributed by atoms with van der Waals surface area (Å²) in [7, 11) is 0. The topological polar surface area (TPSA) is 94.0 Å². The van der Waals surface area contributed by atoms with E-state index >= 15 is 0 Å². The van der Waals surface area contributed by atoms with Crippen molar-refractivity contribution in [2.45, 2.75) is 19.4 Å². The van der Waals surface area contributed by atoms with Crippen LogP contribution < -0.4 is 16.8 Å². The number of pyridine rings is 1. The van der Waals surface area contributed by atoms with E-state index < -0.39 is 5.91 Å². The van der Waals surface area contributed by atoms with E-state index in [1.54, 1.807) is 18.2 Å². The number of anilines is 1. The van der Waals surface area contributed by atoms with Crippen molar-refractivity contribution in [1.82, 2.24) is 4.98 Å². The molecule has 1 heterocycles. The number of nitrogens with zero attached hydrogens (tertiary/aromatic N) is 1. The van der Waals surface area contributed by atoms with Crippen LogP contribution in [0, 0.1) is 0 Å². The normalized spacial score (nSPS) is 12.1. The van der Waals surface area contributed by atoms with Crippen molar-refractivity contribution >= 4 is 11.7 Å². The first-order valence-corrected chi connectivity index (χ1v) is 4.90. The summed E-state index contributed by atoms with van der Waals surface area (Å²) in [6.07, 6.45) is 0.902. The number of primary amides is 1. The Balaban J connectivity index is 2.77. The molecule has 0 saturated carbocycles. The lowest BCUT2D eigenvalue weighted by Gasteiger charge is -2.15. The van der Waals surface area contributed by atoms with Crippen molar-refractivity contribution in [2.24, 2.45) is 11.5 Å². The third-order valence-electron chi connectivity index (χ3n) is 2.13. The molecule has 0 bridgehead atoms. The fraction of sp³-hybridized carbons (Fsp3) is 0.400. The molecule has 1 rings (SSSR count). The van der Waals surface area contributed by atoms with Crippen molar-refractivity contribution < 1.29 is 4.79 Å². The van der Waals surface area contributed by atoms with E-state index in [1.807, 2.05) is 6.92 Å². The highest BCUT2D eigenvalue weighted by Crippen LogP contribution is 2.07. The zero-order valence-corrected chi connectivity index (χ0v) is 8.73. The average Bonchev–Trinajstić information content (AvgIpc) is 2.26. The largest absolute Gasteiger partial charge is 0.366 e. The zero-order valence-electron chi connectivity index (χ0n) is 8.73. The Morgan fingerprint density at radius 3 is 2.87 bits per heavy atom. The van der Waals surface area contributed by atoms with Crippen LogP contribution in [0.5, 0.6) is 0 Å². The monoisotopic (exact) mass is 208 g/mol. The first-order valence-electron chi connectivity index (χ1n) is 4.90. The maximum absolute atomic E-state index is 10.9. The van der Waals surface area contributed by atoms with Crippen LogP contribution in [0.3, 0.4) is 0 Å². The lowest BCUT2D eigenvalue weighted by Crippen LogP contribution is -2.28. The molecule has 15 heavy (non-hydrogen) atoms. The fourth-order valence-corrected chi connectivity index (χ4v) is 1.19. The minimum Gasteiger partial charge on any atom is -0.366 e. The third-order valence-corrected chi connectivity index (χ3v) is 2.13. The molecule has 0 aliphatic heterocycles. The van der Waals surface area contributed by atoms with Gasteiger partial charge in [0, 0.05) is 12.6 Å². The van der Waals surface area contributed by atoms with Gasteiger partial charge in [0.05, 0.1) is 0 Å². The minimum absolute atomic E-state index is 0.167. The van der Waals surface area contributed by atoms with Crippen LogP contribution in [0.2, 0.25) is 0 Å². The Morgan fingerprint density at radius 2 is 2.33 bits per heavy atom. The van der Waals surface area contributed by atoms with Crippen LogP contribution in [0.1, 0.15) is 23.8 Å². The van der Waals surface area contributed by atoms with Crippen LogP contribution in [-0.4, -0.2) is 23.5 Å². The molecule has 1 aromatic heterocycles. The molecule has 5 heteroatoms. The molecule has 1 unspecified atom stereocenters. The third kappa shape index (κ3) is 3.21. The quantitative estimate of drug-likeness (QED) is 0.650. The second-order valence-corrected chi connectivity index (χ2v) is 3.26. The van der Waals surface area contributed by atoms with Crippen LogP contribution in [0.15, 0.2) is 18.2 Å². The van der Waals surface area contributed by atoms with Crippen molar-refractivity contribution in [3.63, 3.8) is 0 Å². The highest BCUT2D eigenvalue weighted by atomic mass is 16.1. The highest BCUT2D eigenvalue weighted by molar-refractivity contribution is 5.91. The molecule has 0 aliphatic rings. The number of aromatic nitrogens is 1. The maximum atomic E-state index is 10.9. The smallest absolute Gasteiger partial charge is 0.267 e. The second-order valence-electron chi connectivity index (χ2n) is 3.26. The maximum Gasteiger partial charge on any atom is 0.267 e. The number of nitrogens with two attached hydrogens (primary N) is 2. The molecule has 1 atom stereocenters. The molecule has 0 aromatic carbocycles. The van der Waals surface area contributed by atoms with Gasteiger partial charge in [-0.1, -0.05) is 13.0 Å². The Bertz CT molecular complexity index is 336. The van der Waals surface area contributed by atoms with Gasteiger partial charge in [0.15, 0.2) is 0 Å². The van der Waals surface area contributed by atoms with Gasteiger partial charge in [-0.3, -0.25) is 4.79 Å². The number of hydrogen-bond acceptors (Lipinski definition) is 4. The van der Waals surface area contributed by atoms with Crippen LogP contribution in [-0.2, 0) is 0 Å². The Labute approximate surface area is 88.9 Å². The summed E-state index contributed by atoms with van der Waals surface area (Å²) in [4.78, 5) is 15.0. The molecule has 82 valence electrons. The molecule has 0 saturated heterocycles. The number of amides is 1. The summed E-state index contributed by atoms with van der Waals surface area (Å²) >= 11 is 0. The summed E-state index contributed by atoms with van der Waals surface area (Å²) in [5.41, 5.74) is 10.9. The fourth-order valence-electron chi connectivity index (χ4n) is 1.19. The minimum atomic E-state index is -0.528. The number of nitrogens with one attached hydrogen (secondary N) is 1. The van der Waals surface area contributed by atoms with Crippen LogP contribution in [0.4, 0.5) is 5.82 Å². The van der Waals surface area contributed by atoms with E-state index in [0.29, 0.717) is 12.4 Å². The summed E-state index contributed by atoms with van der Waals surface area (Å²) in [5, 5.41) is 3.13. The number of carbonyl (C=O) groups excluding carboxylic acids is 1. The Kier molecular flexibility index (Phi) is 4.05. The molecule has 0 fully saturated rings. The molecular weight excluding hydrogens is 192 g/mol. The van der Waals surface area contributed by atoms with Gasteiger partial charge in [0.2, 0.25) is 0 Å². The summed E-state index contributed by atoms with van der Waals surface area (Å²) in [5.74, 6) is 0.100. The number of rotatable bonds is 5. The first-order chi connectivity index (χ1) is 7.17. The SMILES string of the molecule is CCC(CN)Nc1cccc(C(N)=O)n1. The highest BCUT2D eigenvalue weighted by Gasteiger charge is 2.06. The van der Waals surface area contributed by atoms with E-state index in [2.05, 4.69) is 10.3 Å². The zero-order chi connectivity index (χ0) is 11.3. The van der Waals surface area contributed by atoms with E-state index in [0.717, 1.165) is 6.42 Å². The van der Waals surface area contributed by atoms with E-state index in [-0.39, 0.29) is 11.7 Å². The van der Waals surface area contributed by atoms with Crippen molar-refractivity contribution in [3.05, 3.63) is 23.9 Å². The first kappa shape index (κ1) is 11.5. The molecule has 5 N–H and O–H groups in total. The van der Waals surface area contributed by atoms with Crippen molar-refractivity contribution in [3.8, 4) is 0 Å². The molecule has 0 radical (unpaired) electrons. The Morgan fingerprint density at radius 1 is 1.60 bits per heavy atom. The predicted octanol–water partition coefficient (Wildman–Crippen LogP) is 0.330. The molecule has 0 spiro atoms. The predicted molar refractivity (Wildman–Crippen MR) is 59.5 cm³/mol. The standard InChI is InChI=1S/C10H16N4O/c1-2-7(6-11)13-9-5-3-4-8(14-9)10(12)15/h3-5,7H,2,6,11H2,1H3,(H2,12,15)(H,13,14). The van der Waals surface area contributed by atoms with Gasteiger partial charge in [-0.2, -0.15) is 0 Å². The molecule has 1 amide bonds. The van der Waals surface area contributed by atoms with E-state index in [4.69, 9.17) is 11.5 Å². The average molecular weight is 208 g/mol. The molecule has 5 nitrogen and oxygen atoms in total. The van der Waals surface area contributed by atoms with Crippen LogP contribution >= 0.6 is 0 Å². The van der Waals surface area contributed by atoms with Gasteiger partial charge in [0.25, 0.3) is 5.91 Å². The second kappa shape index (κ2) is 5.31. The lowest BCUT2D eigenvalue weighted by atomic mass is 10.2. The van der Waals surface area contributed by atoms with Gasteiger partial charge in [-0.25, -0.2) is 4.98 Å². The summed E-state index contributed by atoms with van der Waals surface area (Å²) in [6.45, 7) is 2.56. The van der Waals surface area contributed by atoms with Gasteiger partial charge in [-0.05, 0) is 18.6 Å². The van der Waals surface area contributed by atoms with Gasteiger partial charge in [-0.15, -0.1) is 0 Å². The van der Waals surface area contributed by atoms with Gasteiger partial charge < -0.3 is 16.8 Å². The van der Waals surface area contributed by atoms with Crippen LogP contribution in [0.25, 0.3) is 0 Å². The molecule has 1 aromatic rings. The van der Waals surface area contributed by atoms with E-state index in [1.165, 1.54) is 0 Å². The molecular formula is C10H16N4O. The number of carbonyl (C=O) groups is 1. The van der Waals surface area contributed by atoms with E-state index in [9.17, 15) is 4.79 Å². The molecule has 0 aliphatic carbocycles. The summed E-state index contributed by atoms with van der Waals surface area (Å²) < 4.78 is 0. The van der Waals surface area contributed by atoms with Crippen molar-refractivity contribution in [1.29, 1.82) is 0 Å². The van der Waals surface area contributed by atoms with Gasteiger partial charge >= 0.3 is 0 Å². The number of hydrogen-bond donors (Lipinski definition) is 3. The van der Waals surface area contributed by atoms with Gasteiger partial charge in [0.1, 0.15) is 11.5 Å².